The predicted octanol–water partition coefficient (Wildman–Crippen LogP) is 5.48. The van der Waals surface area contributed by atoms with E-state index in [-0.39, 0.29) is 11.3 Å². The maximum absolute atomic E-state index is 13.6. The molecule has 2 N–H and O–H groups in total. The first kappa shape index (κ1) is 24.2. The van der Waals surface area contributed by atoms with E-state index in [0.29, 0.717) is 35.3 Å². The fourth-order valence-corrected chi connectivity index (χ4v) is 4.41. The minimum Gasteiger partial charge on any atom is -0.489 e. The van der Waals surface area contributed by atoms with Crippen LogP contribution in [0.4, 0.5) is 11.6 Å². The number of carbonyl (C=O) groups excluding carboxylic acids is 1. The standard InChI is InChI=1S/C29H30N6O2/c1-19-25(27(36)31-22-10-6-5-7-11-22)26(35-28(30-19)32-33-34-35)23-12-8-9-13-24(23)37-18-20-14-16-21(17-15-20)29(2,3)4/h5-17,26H,18H2,1-4H3,(H,31,36)(H,30,32,34). The van der Waals surface area contributed by atoms with E-state index in [2.05, 4.69) is 71.2 Å². The van der Waals surface area contributed by atoms with E-state index >= 15 is 0 Å². The average molecular weight is 495 g/mol. The highest BCUT2D eigenvalue weighted by atomic mass is 16.5. The number of ether oxygens (including phenoxy) is 1. The van der Waals surface area contributed by atoms with Crippen molar-refractivity contribution >= 4 is 17.5 Å². The summed E-state index contributed by atoms with van der Waals surface area (Å²) in [6, 6.07) is 25.0. The van der Waals surface area contributed by atoms with Gasteiger partial charge in [0.1, 0.15) is 18.4 Å². The van der Waals surface area contributed by atoms with Crippen molar-refractivity contribution in [1.82, 2.24) is 20.2 Å². The fourth-order valence-electron chi connectivity index (χ4n) is 4.41. The summed E-state index contributed by atoms with van der Waals surface area (Å²) in [7, 11) is 0. The number of tetrazole rings is 1. The summed E-state index contributed by atoms with van der Waals surface area (Å²) in [4.78, 5) is 13.6. The number of aromatic nitrogens is 4. The van der Waals surface area contributed by atoms with Crippen LogP contribution in [0.25, 0.3) is 0 Å². The number of para-hydroxylation sites is 2. The van der Waals surface area contributed by atoms with Crippen molar-refractivity contribution in [2.24, 2.45) is 0 Å². The van der Waals surface area contributed by atoms with Crippen molar-refractivity contribution in [3.63, 3.8) is 0 Å². The monoisotopic (exact) mass is 494 g/mol. The number of allylic oxidation sites excluding steroid dienone is 1. The number of fused-ring (bicyclic) bond motifs is 1. The van der Waals surface area contributed by atoms with Gasteiger partial charge in [0.15, 0.2) is 0 Å². The van der Waals surface area contributed by atoms with Crippen LogP contribution in [0.2, 0.25) is 0 Å². The second kappa shape index (κ2) is 9.89. The maximum atomic E-state index is 13.6. The number of benzene rings is 3. The van der Waals surface area contributed by atoms with Crippen LogP contribution < -0.4 is 15.4 Å². The minimum atomic E-state index is -0.575. The first-order valence-electron chi connectivity index (χ1n) is 12.2. The summed E-state index contributed by atoms with van der Waals surface area (Å²) in [5.41, 5.74) is 5.10. The number of nitrogens with one attached hydrogen (secondary N) is 2. The summed E-state index contributed by atoms with van der Waals surface area (Å²) in [6.45, 7) is 8.83. The van der Waals surface area contributed by atoms with E-state index in [0.717, 1.165) is 11.1 Å². The third-order valence-electron chi connectivity index (χ3n) is 6.42. The zero-order valence-electron chi connectivity index (χ0n) is 21.4. The number of hydrogen-bond donors (Lipinski definition) is 2. The summed E-state index contributed by atoms with van der Waals surface area (Å²) in [5.74, 6) is 0.884. The molecule has 4 aromatic rings. The van der Waals surface area contributed by atoms with Crippen LogP contribution >= 0.6 is 0 Å². The quantitative estimate of drug-likeness (QED) is 0.369. The van der Waals surface area contributed by atoms with E-state index in [4.69, 9.17) is 4.74 Å². The van der Waals surface area contributed by atoms with E-state index in [1.807, 2.05) is 61.5 Å². The van der Waals surface area contributed by atoms with Crippen LogP contribution in [0, 0.1) is 0 Å². The molecule has 188 valence electrons. The molecule has 1 atom stereocenters. The number of rotatable bonds is 6. The highest BCUT2D eigenvalue weighted by Gasteiger charge is 2.35. The van der Waals surface area contributed by atoms with E-state index in [1.54, 1.807) is 4.68 Å². The average Bonchev–Trinajstić information content (AvgIpc) is 3.35. The molecule has 5 rings (SSSR count). The second-order valence-corrected chi connectivity index (χ2v) is 10.1. The van der Waals surface area contributed by atoms with Crippen molar-refractivity contribution in [1.29, 1.82) is 0 Å². The van der Waals surface area contributed by atoms with E-state index in [1.165, 1.54) is 5.56 Å². The Morgan fingerprint density at radius 3 is 2.43 bits per heavy atom. The molecule has 3 aromatic carbocycles. The summed E-state index contributed by atoms with van der Waals surface area (Å²) in [6.07, 6.45) is 0. The van der Waals surface area contributed by atoms with Crippen molar-refractivity contribution in [3.8, 4) is 5.75 Å². The lowest BCUT2D eigenvalue weighted by Gasteiger charge is -2.29. The maximum Gasteiger partial charge on any atom is 0.255 e. The lowest BCUT2D eigenvalue weighted by atomic mass is 9.87. The van der Waals surface area contributed by atoms with Gasteiger partial charge in [0.05, 0.1) is 5.57 Å². The number of carbonyl (C=O) groups is 1. The van der Waals surface area contributed by atoms with Crippen molar-refractivity contribution in [3.05, 3.63) is 107 Å². The highest BCUT2D eigenvalue weighted by Crippen LogP contribution is 2.39. The molecule has 1 aromatic heterocycles. The Bertz CT molecular complexity index is 1440. The predicted molar refractivity (Wildman–Crippen MR) is 143 cm³/mol. The summed E-state index contributed by atoms with van der Waals surface area (Å²) >= 11 is 0. The van der Waals surface area contributed by atoms with Gasteiger partial charge in [0, 0.05) is 16.9 Å². The van der Waals surface area contributed by atoms with Crippen LogP contribution in [0.1, 0.15) is 50.4 Å². The van der Waals surface area contributed by atoms with Gasteiger partial charge in [-0.3, -0.25) is 4.79 Å². The normalized spacial score (nSPS) is 15.1. The van der Waals surface area contributed by atoms with Crippen LogP contribution in [0.15, 0.2) is 90.1 Å². The first-order valence-corrected chi connectivity index (χ1v) is 12.2. The molecule has 8 heteroatoms. The van der Waals surface area contributed by atoms with Crippen LogP contribution in [-0.4, -0.2) is 26.1 Å². The van der Waals surface area contributed by atoms with Gasteiger partial charge in [-0.2, -0.15) is 4.68 Å². The molecular weight excluding hydrogens is 464 g/mol. The third-order valence-corrected chi connectivity index (χ3v) is 6.42. The first-order chi connectivity index (χ1) is 17.8. The molecule has 0 saturated carbocycles. The molecule has 0 spiro atoms. The Morgan fingerprint density at radius 1 is 1.00 bits per heavy atom. The molecule has 0 bridgehead atoms. The Hall–Kier alpha value is -4.46. The molecule has 0 fully saturated rings. The van der Waals surface area contributed by atoms with E-state index in [9.17, 15) is 4.79 Å². The highest BCUT2D eigenvalue weighted by molar-refractivity contribution is 6.06. The fraction of sp³-hybridized carbons (Fsp3) is 0.241. The van der Waals surface area contributed by atoms with Crippen LogP contribution in [-0.2, 0) is 16.8 Å². The van der Waals surface area contributed by atoms with Gasteiger partial charge in [-0.25, -0.2) is 0 Å². The lowest BCUT2D eigenvalue weighted by Crippen LogP contribution is -2.31. The van der Waals surface area contributed by atoms with Crippen molar-refractivity contribution in [2.75, 3.05) is 10.6 Å². The Kier molecular flexibility index (Phi) is 6.48. The third kappa shape index (κ3) is 5.09. The van der Waals surface area contributed by atoms with Crippen LogP contribution in [0.3, 0.4) is 0 Å². The molecule has 8 nitrogen and oxygen atoms in total. The largest absolute Gasteiger partial charge is 0.489 e. The molecule has 1 aliphatic heterocycles. The number of anilines is 2. The Labute approximate surface area is 216 Å². The van der Waals surface area contributed by atoms with Gasteiger partial charge in [-0.1, -0.05) is 86.5 Å². The topological polar surface area (TPSA) is 94.0 Å². The van der Waals surface area contributed by atoms with Gasteiger partial charge >= 0.3 is 0 Å². The van der Waals surface area contributed by atoms with Gasteiger partial charge < -0.3 is 15.4 Å². The van der Waals surface area contributed by atoms with Crippen molar-refractivity contribution < 1.29 is 9.53 Å². The van der Waals surface area contributed by atoms with Crippen LogP contribution in [0.5, 0.6) is 5.75 Å². The lowest BCUT2D eigenvalue weighted by molar-refractivity contribution is -0.113. The molecule has 0 aliphatic carbocycles. The molecule has 0 radical (unpaired) electrons. The Morgan fingerprint density at radius 2 is 1.70 bits per heavy atom. The molecule has 1 aliphatic rings. The molecule has 1 amide bonds. The minimum absolute atomic E-state index is 0.0888. The van der Waals surface area contributed by atoms with E-state index < -0.39 is 6.04 Å². The smallest absolute Gasteiger partial charge is 0.255 e. The SMILES string of the molecule is CC1=C(C(=O)Nc2ccccc2)C(c2ccccc2OCc2ccc(C(C)(C)C)cc2)n2nnnc2N1. The number of nitrogens with zero attached hydrogens (tertiary/aromatic N) is 4. The van der Waals surface area contributed by atoms with Gasteiger partial charge in [-0.15, -0.1) is 0 Å². The summed E-state index contributed by atoms with van der Waals surface area (Å²) in [5, 5.41) is 18.3. The molecule has 1 unspecified atom stereocenters. The van der Waals surface area contributed by atoms with Gasteiger partial charge in [-0.05, 0) is 52.1 Å². The zero-order chi connectivity index (χ0) is 26.0. The molecule has 37 heavy (non-hydrogen) atoms. The molecular formula is C29H30N6O2. The number of hydrogen-bond acceptors (Lipinski definition) is 6. The zero-order valence-corrected chi connectivity index (χ0v) is 21.4. The second-order valence-electron chi connectivity index (χ2n) is 10.1. The summed E-state index contributed by atoms with van der Waals surface area (Å²) < 4.78 is 7.94. The van der Waals surface area contributed by atoms with Gasteiger partial charge in [0.2, 0.25) is 5.95 Å². The molecule has 0 saturated heterocycles. The number of amides is 1. The van der Waals surface area contributed by atoms with Gasteiger partial charge in [0.25, 0.3) is 5.91 Å². The molecule has 2 heterocycles. The van der Waals surface area contributed by atoms with Crippen molar-refractivity contribution in [2.45, 2.75) is 45.8 Å². The Balaban J connectivity index is 1.47.